The van der Waals surface area contributed by atoms with Crippen LogP contribution in [-0.4, -0.2) is 21.6 Å². The monoisotopic (exact) mass is 219 g/mol. The number of nitrogens with zero attached hydrogens (tertiary/aromatic N) is 1. The normalized spacial score (nSPS) is 9.47. The Bertz CT molecular complexity index is 397. The third kappa shape index (κ3) is 3.09. The summed E-state index contributed by atoms with van der Waals surface area (Å²) in [6.45, 7) is 1.63. The summed E-state index contributed by atoms with van der Waals surface area (Å²) in [6.07, 6.45) is 1.20. The Balaban J connectivity index is 0.00000196. The minimum absolute atomic E-state index is 0. The molecular formula is C9H10NNaO4. The van der Waals surface area contributed by atoms with Crippen LogP contribution in [0.25, 0.3) is 0 Å². The number of aromatic carboxylic acids is 1. The predicted molar refractivity (Wildman–Crippen MR) is 45.8 cm³/mol. The summed E-state index contributed by atoms with van der Waals surface area (Å²) in [7, 11) is 1.61. The van der Waals surface area contributed by atoms with Crippen molar-refractivity contribution in [1.29, 1.82) is 0 Å². The molecule has 0 unspecified atom stereocenters. The Kier molecular flexibility index (Phi) is 5.07. The number of aromatic nitrogens is 1. The van der Waals surface area contributed by atoms with E-state index in [1.807, 2.05) is 0 Å². The molecule has 0 aliphatic carbocycles. The van der Waals surface area contributed by atoms with Gasteiger partial charge in [0.15, 0.2) is 0 Å². The molecule has 6 heteroatoms. The zero-order valence-electron chi connectivity index (χ0n) is 8.90. The molecule has 0 saturated heterocycles. The number of hydrogen-bond acceptors (Lipinski definition) is 3. The molecule has 15 heavy (non-hydrogen) atoms. The Hall–Kier alpha value is -0.780. The summed E-state index contributed by atoms with van der Waals surface area (Å²) in [5.41, 5.74) is 0.864. The van der Waals surface area contributed by atoms with Gasteiger partial charge in [-0.1, -0.05) is 0 Å². The van der Waals surface area contributed by atoms with Crippen molar-refractivity contribution in [2.75, 3.05) is 0 Å². The topological polar surface area (TPSA) is 82.4 Å². The van der Waals surface area contributed by atoms with Crippen LogP contribution in [0.2, 0.25) is 0 Å². The molecule has 0 radical (unpaired) electrons. The molecule has 1 rings (SSSR count). The Morgan fingerprint density at radius 1 is 1.53 bits per heavy atom. The van der Waals surface area contributed by atoms with E-state index in [4.69, 9.17) is 5.11 Å². The molecule has 0 amide bonds. The summed E-state index contributed by atoms with van der Waals surface area (Å²) < 4.78 is 1.49. The van der Waals surface area contributed by atoms with E-state index in [2.05, 4.69) is 0 Å². The van der Waals surface area contributed by atoms with Crippen LogP contribution in [0.4, 0.5) is 0 Å². The van der Waals surface area contributed by atoms with Crippen LogP contribution in [0.1, 0.15) is 21.6 Å². The number of rotatable bonds is 3. The maximum Gasteiger partial charge on any atom is 1.00 e. The Morgan fingerprint density at radius 3 is 2.47 bits per heavy atom. The number of hydrogen-bond donors (Lipinski definition) is 1. The molecule has 1 N–H and O–H groups in total. The standard InChI is InChI=1S/C9H11NO4.Na/c1-5-4-10(2)6(3-7(11)12)8(5)9(13)14;/h4H,3H2,1-2H3,(H,11,12)(H,13,14);/q;+1/p-1. The zero-order chi connectivity index (χ0) is 10.9. The Labute approximate surface area is 109 Å². The van der Waals surface area contributed by atoms with Crippen molar-refractivity contribution < 1.29 is 49.4 Å². The molecule has 0 atom stereocenters. The van der Waals surface area contributed by atoms with E-state index >= 15 is 0 Å². The first-order valence-corrected chi connectivity index (χ1v) is 4.01. The van der Waals surface area contributed by atoms with Crippen LogP contribution in [0.5, 0.6) is 0 Å². The van der Waals surface area contributed by atoms with E-state index in [1.165, 1.54) is 4.57 Å². The van der Waals surface area contributed by atoms with Gasteiger partial charge in [0.25, 0.3) is 0 Å². The quantitative estimate of drug-likeness (QED) is 0.531. The van der Waals surface area contributed by atoms with E-state index in [-0.39, 0.29) is 47.2 Å². The first-order valence-electron chi connectivity index (χ1n) is 4.01. The molecule has 0 aliphatic rings. The first kappa shape index (κ1) is 14.2. The third-order valence-electron chi connectivity index (χ3n) is 2.02. The van der Waals surface area contributed by atoms with Crippen molar-refractivity contribution in [1.82, 2.24) is 4.57 Å². The van der Waals surface area contributed by atoms with Gasteiger partial charge in [0.05, 0.1) is 5.56 Å². The molecule has 1 heterocycles. The van der Waals surface area contributed by atoms with Gasteiger partial charge >= 0.3 is 35.5 Å². The van der Waals surface area contributed by atoms with Crippen molar-refractivity contribution >= 4 is 11.9 Å². The van der Waals surface area contributed by atoms with Gasteiger partial charge in [-0.15, -0.1) is 0 Å². The van der Waals surface area contributed by atoms with Gasteiger partial charge in [0.2, 0.25) is 0 Å². The van der Waals surface area contributed by atoms with Gasteiger partial charge in [-0.05, 0) is 12.5 Å². The summed E-state index contributed by atoms with van der Waals surface area (Å²) in [4.78, 5) is 21.2. The van der Waals surface area contributed by atoms with Crippen LogP contribution in [0, 0.1) is 6.92 Å². The van der Waals surface area contributed by atoms with E-state index in [1.54, 1.807) is 20.2 Å². The summed E-state index contributed by atoms with van der Waals surface area (Å²) in [5.74, 6) is -2.40. The van der Waals surface area contributed by atoms with Crippen molar-refractivity contribution in [3.8, 4) is 0 Å². The summed E-state index contributed by atoms with van der Waals surface area (Å²) in [6, 6.07) is 0. The second kappa shape index (κ2) is 5.34. The fraction of sp³-hybridized carbons (Fsp3) is 0.333. The minimum atomic E-state index is -1.28. The van der Waals surface area contributed by atoms with Gasteiger partial charge in [0, 0.05) is 31.3 Å². The molecular weight excluding hydrogens is 209 g/mol. The first-order chi connectivity index (χ1) is 6.43. The van der Waals surface area contributed by atoms with Gasteiger partial charge in [-0.25, -0.2) is 4.79 Å². The predicted octanol–water partition coefficient (Wildman–Crippen LogP) is -3.67. The molecule has 1 aromatic rings. The number of carboxylic acid groups (broad SMARTS) is 2. The van der Waals surface area contributed by atoms with Gasteiger partial charge < -0.3 is 19.6 Å². The average molecular weight is 219 g/mol. The number of aryl methyl sites for hydroxylation is 2. The van der Waals surface area contributed by atoms with Crippen molar-refractivity contribution in [3.63, 3.8) is 0 Å². The largest absolute Gasteiger partial charge is 1.00 e. The molecule has 0 bridgehead atoms. The minimum Gasteiger partial charge on any atom is -0.550 e. The van der Waals surface area contributed by atoms with E-state index in [0.29, 0.717) is 5.56 Å². The zero-order valence-corrected chi connectivity index (χ0v) is 10.9. The van der Waals surface area contributed by atoms with Crippen LogP contribution >= 0.6 is 0 Å². The second-order valence-corrected chi connectivity index (χ2v) is 3.10. The fourth-order valence-corrected chi connectivity index (χ4v) is 1.48. The van der Waals surface area contributed by atoms with Crippen LogP contribution in [0.3, 0.4) is 0 Å². The van der Waals surface area contributed by atoms with Crippen molar-refractivity contribution in [3.05, 3.63) is 23.0 Å². The molecule has 1 aromatic heterocycles. The smallest absolute Gasteiger partial charge is 0.550 e. The van der Waals surface area contributed by atoms with Gasteiger partial charge in [0.1, 0.15) is 0 Å². The molecule has 0 saturated carbocycles. The maximum atomic E-state index is 10.8. The SMILES string of the molecule is Cc1cn(C)c(CC(=O)[O-])c1C(=O)O.[Na+]. The number of carbonyl (C=O) groups excluding carboxylic acids is 1. The molecule has 0 aliphatic heterocycles. The number of carboxylic acids is 2. The molecule has 0 fully saturated rings. The molecule has 76 valence electrons. The van der Waals surface area contributed by atoms with E-state index in [0.717, 1.165) is 0 Å². The number of carbonyl (C=O) groups is 2. The summed E-state index contributed by atoms with van der Waals surface area (Å²) >= 11 is 0. The van der Waals surface area contributed by atoms with Crippen LogP contribution in [0.15, 0.2) is 6.20 Å². The van der Waals surface area contributed by atoms with E-state index in [9.17, 15) is 14.7 Å². The van der Waals surface area contributed by atoms with Crippen molar-refractivity contribution in [2.45, 2.75) is 13.3 Å². The third-order valence-corrected chi connectivity index (χ3v) is 2.02. The molecule has 5 nitrogen and oxygen atoms in total. The van der Waals surface area contributed by atoms with Crippen LogP contribution in [-0.2, 0) is 18.3 Å². The van der Waals surface area contributed by atoms with Gasteiger partial charge in [-0.2, -0.15) is 0 Å². The number of aliphatic carboxylic acids is 1. The maximum absolute atomic E-state index is 10.8. The van der Waals surface area contributed by atoms with Gasteiger partial charge in [-0.3, -0.25) is 0 Å². The fourth-order valence-electron chi connectivity index (χ4n) is 1.48. The molecule has 0 spiro atoms. The van der Waals surface area contributed by atoms with Crippen molar-refractivity contribution in [2.24, 2.45) is 7.05 Å². The second-order valence-electron chi connectivity index (χ2n) is 3.10. The van der Waals surface area contributed by atoms with Crippen LogP contribution < -0.4 is 34.7 Å². The molecule has 0 aromatic carbocycles. The Morgan fingerprint density at radius 2 is 2.07 bits per heavy atom. The average Bonchev–Trinajstić information content (AvgIpc) is 2.25. The van der Waals surface area contributed by atoms with E-state index < -0.39 is 11.9 Å². The summed E-state index contributed by atoms with van der Waals surface area (Å²) in [5, 5.41) is 19.2.